The second kappa shape index (κ2) is 6.49. The SMILES string of the molecule is Cc1cnc(C2CN(C(=O)C3CCOCC3)CCO2)cn1. The third-order valence-corrected chi connectivity index (χ3v) is 4.08. The zero-order valence-electron chi connectivity index (χ0n) is 12.3. The predicted octanol–water partition coefficient (Wildman–Crippen LogP) is 1.11. The van der Waals surface area contributed by atoms with E-state index in [2.05, 4.69) is 9.97 Å². The summed E-state index contributed by atoms with van der Waals surface area (Å²) in [5.74, 6) is 0.327. The number of ether oxygens (including phenoxy) is 2. The van der Waals surface area contributed by atoms with Crippen LogP contribution in [0.2, 0.25) is 0 Å². The molecule has 3 heterocycles. The number of aromatic nitrogens is 2. The molecule has 1 unspecified atom stereocenters. The number of hydrogen-bond acceptors (Lipinski definition) is 5. The van der Waals surface area contributed by atoms with Gasteiger partial charge in [0.05, 0.1) is 30.7 Å². The van der Waals surface area contributed by atoms with E-state index in [-0.39, 0.29) is 17.9 Å². The fourth-order valence-electron chi connectivity index (χ4n) is 2.80. The zero-order valence-corrected chi connectivity index (χ0v) is 12.3. The maximum absolute atomic E-state index is 12.6. The lowest BCUT2D eigenvalue weighted by atomic mass is 9.98. The Morgan fingerprint density at radius 2 is 2.05 bits per heavy atom. The van der Waals surface area contributed by atoms with Crippen molar-refractivity contribution in [3.8, 4) is 0 Å². The number of nitrogens with zero attached hydrogens (tertiary/aromatic N) is 3. The molecule has 6 heteroatoms. The molecule has 0 N–H and O–H groups in total. The van der Waals surface area contributed by atoms with Crippen LogP contribution in [0.15, 0.2) is 12.4 Å². The number of rotatable bonds is 2. The fraction of sp³-hybridized carbons (Fsp3) is 0.667. The number of hydrogen-bond donors (Lipinski definition) is 0. The summed E-state index contributed by atoms with van der Waals surface area (Å²) in [6.07, 6.45) is 4.95. The van der Waals surface area contributed by atoms with Crippen molar-refractivity contribution in [1.82, 2.24) is 14.9 Å². The number of carbonyl (C=O) groups is 1. The topological polar surface area (TPSA) is 64.6 Å². The van der Waals surface area contributed by atoms with Gasteiger partial charge in [-0.2, -0.15) is 0 Å². The molecule has 1 atom stereocenters. The van der Waals surface area contributed by atoms with Crippen molar-refractivity contribution in [2.24, 2.45) is 5.92 Å². The lowest BCUT2D eigenvalue weighted by Gasteiger charge is -2.35. The van der Waals surface area contributed by atoms with E-state index in [0.29, 0.717) is 32.9 Å². The molecule has 0 bridgehead atoms. The minimum atomic E-state index is -0.171. The van der Waals surface area contributed by atoms with Gasteiger partial charge in [-0.25, -0.2) is 0 Å². The van der Waals surface area contributed by atoms with Gasteiger partial charge in [0.2, 0.25) is 5.91 Å². The summed E-state index contributed by atoms with van der Waals surface area (Å²) in [4.78, 5) is 23.1. The molecule has 21 heavy (non-hydrogen) atoms. The number of morpholine rings is 1. The number of aryl methyl sites for hydroxylation is 1. The van der Waals surface area contributed by atoms with E-state index < -0.39 is 0 Å². The van der Waals surface area contributed by atoms with Crippen molar-refractivity contribution in [1.29, 1.82) is 0 Å². The highest BCUT2D eigenvalue weighted by Gasteiger charge is 2.31. The Hall–Kier alpha value is -1.53. The smallest absolute Gasteiger partial charge is 0.226 e. The molecule has 0 radical (unpaired) electrons. The van der Waals surface area contributed by atoms with Gasteiger partial charge >= 0.3 is 0 Å². The van der Waals surface area contributed by atoms with Gasteiger partial charge in [-0.15, -0.1) is 0 Å². The molecule has 1 amide bonds. The van der Waals surface area contributed by atoms with Crippen LogP contribution in [-0.2, 0) is 14.3 Å². The maximum atomic E-state index is 12.6. The Bertz CT molecular complexity index is 485. The first kappa shape index (κ1) is 14.4. The monoisotopic (exact) mass is 291 g/mol. The first-order chi connectivity index (χ1) is 10.2. The Kier molecular flexibility index (Phi) is 4.45. The van der Waals surface area contributed by atoms with E-state index in [4.69, 9.17) is 9.47 Å². The lowest BCUT2D eigenvalue weighted by Crippen LogP contribution is -2.46. The Balaban J connectivity index is 1.64. The van der Waals surface area contributed by atoms with Crippen molar-refractivity contribution < 1.29 is 14.3 Å². The summed E-state index contributed by atoms with van der Waals surface area (Å²) in [5, 5.41) is 0. The summed E-state index contributed by atoms with van der Waals surface area (Å²) >= 11 is 0. The summed E-state index contributed by atoms with van der Waals surface area (Å²) in [5.41, 5.74) is 1.68. The second-order valence-corrected chi connectivity index (χ2v) is 5.61. The third-order valence-electron chi connectivity index (χ3n) is 4.08. The van der Waals surface area contributed by atoms with E-state index >= 15 is 0 Å². The van der Waals surface area contributed by atoms with E-state index in [9.17, 15) is 4.79 Å². The highest BCUT2D eigenvalue weighted by atomic mass is 16.5. The second-order valence-electron chi connectivity index (χ2n) is 5.61. The van der Waals surface area contributed by atoms with Crippen LogP contribution in [-0.4, -0.2) is 53.7 Å². The minimum Gasteiger partial charge on any atom is -0.381 e. The molecular formula is C15H21N3O3. The summed E-state index contributed by atoms with van der Waals surface area (Å²) in [6, 6.07) is 0. The summed E-state index contributed by atoms with van der Waals surface area (Å²) in [6.45, 7) is 5.05. The van der Waals surface area contributed by atoms with Crippen LogP contribution >= 0.6 is 0 Å². The predicted molar refractivity (Wildman–Crippen MR) is 75.6 cm³/mol. The van der Waals surface area contributed by atoms with Crippen LogP contribution in [0.3, 0.4) is 0 Å². The summed E-state index contributed by atoms with van der Waals surface area (Å²) < 4.78 is 11.1. The molecule has 3 rings (SSSR count). The first-order valence-electron chi connectivity index (χ1n) is 7.50. The molecule has 1 aromatic heterocycles. The molecule has 0 spiro atoms. The molecule has 0 saturated carbocycles. The van der Waals surface area contributed by atoms with Crippen molar-refractivity contribution >= 4 is 5.91 Å². The van der Waals surface area contributed by atoms with E-state index in [0.717, 1.165) is 24.2 Å². The Labute approximate surface area is 124 Å². The molecule has 0 aliphatic carbocycles. The Morgan fingerprint density at radius 3 is 2.76 bits per heavy atom. The quantitative estimate of drug-likeness (QED) is 0.817. The lowest BCUT2D eigenvalue weighted by molar-refractivity contribution is -0.146. The molecule has 2 saturated heterocycles. The Morgan fingerprint density at radius 1 is 1.24 bits per heavy atom. The number of carbonyl (C=O) groups excluding carboxylic acids is 1. The van der Waals surface area contributed by atoms with Crippen LogP contribution in [0.4, 0.5) is 0 Å². The van der Waals surface area contributed by atoms with Gasteiger partial charge in [0.1, 0.15) is 6.10 Å². The first-order valence-corrected chi connectivity index (χ1v) is 7.50. The van der Waals surface area contributed by atoms with Gasteiger partial charge in [0, 0.05) is 31.9 Å². The van der Waals surface area contributed by atoms with Crippen LogP contribution < -0.4 is 0 Å². The van der Waals surface area contributed by atoms with Crippen molar-refractivity contribution in [2.45, 2.75) is 25.9 Å². The van der Waals surface area contributed by atoms with Crippen molar-refractivity contribution in [2.75, 3.05) is 32.9 Å². The largest absolute Gasteiger partial charge is 0.381 e. The molecule has 0 aromatic carbocycles. The van der Waals surface area contributed by atoms with Gasteiger partial charge in [0.15, 0.2) is 0 Å². The summed E-state index contributed by atoms with van der Waals surface area (Å²) in [7, 11) is 0. The normalized spacial score (nSPS) is 24.0. The van der Waals surface area contributed by atoms with Crippen molar-refractivity contribution in [3.63, 3.8) is 0 Å². The van der Waals surface area contributed by atoms with E-state index in [1.807, 2.05) is 11.8 Å². The fourth-order valence-corrected chi connectivity index (χ4v) is 2.80. The van der Waals surface area contributed by atoms with Gasteiger partial charge in [-0.05, 0) is 19.8 Å². The van der Waals surface area contributed by atoms with Gasteiger partial charge in [-0.3, -0.25) is 14.8 Å². The van der Waals surface area contributed by atoms with E-state index in [1.54, 1.807) is 12.4 Å². The molecule has 114 valence electrons. The highest BCUT2D eigenvalue weighted by Crippen LogP contribution is 2.24. The molecule has 2 aliphatic rings. The third kappa shape index (κ3) is 3.39. The number of amides is 1. The van der Waals surface area contributed by atoms with Gasteiger partial charge in [-0.1, -0.05) is 0 Å². The van der Waals surface area contributed by atoms with Crippen LogP contribution in [0.5, 0.6) is 0 Å². The molecule has 2 aliphatic heterocycles. The van der Waals surface area contributed by atoms with Crippen LogP contribution in [0, 0.1) is 12.8 Å². The maximum Gasteiger partial charge on any atom is 0.226 e. The molecule has 2 fully saturated rings. The highest BCUT2D eigenvalue weighted by molar-refractivity contribution is 5.79. The molecular weight excluding hydrogens is 270 g/mol. The average Bonchev–Trinajstić information content (AvgIpc) is 2.56. The molecule has 1 aromatic rings. The zero-order chi connectivity index (χ0) is 14.7. The van der Waals surface area contributed by atoms with E-state index in [1.165, 1.54) is 0 Å². The molecule has 6 nitrogen and oxygen atoms in total. The van der Waals surface area contributed by atoms with Gasteiger partial charge < -0.3 is 14.4 Å². The van der Waals surface area contributed by atoms with Crippen molar-refractivity contribution in [3.05, 3.63) is 23.8 Å². The average molecular weight is 291 g/mol. The minimum absolute atomic E-state index is 0.0987. The van der Waals surface area contributed by atoms with Crippen LogP contribution in [0.1, 0.15) is 30.3 Å². The van der Waals surface area contributed by atoms with Gasteiger partial charge in [0.25, 0.3) is 0 Å². The standard InChI is InChI=1S/C15H21N3O3/c1-11-8-17-13(9-16-11)14-10-18(4-7-21-14)15(19)12-2-5-20-6-3-12/h8-9,12,14H,2-7,10H2,1H3. The van der Waals surface area contributed by atoms with Crippen LogP contribution in [0.25, 0.3) is 0 Å².